The third-order valence-electron chi connectivity index (χ3n) is 8.26. The molecule has 59 heavy (non-hydrogen) atoms. The van der Waals surface area contributed by atoms with E-state index in [9.17, 15) is 69.6 Å². The van der Waals surface area contributed by atoms with Crippen molar-refractivity contribution in [2.75, 3.05) is 5.73 Å². The molecule has 0 aliphatic heterocycles. The third-order valence-corrected chi connectivity index (χ3v) is 10.9. The number of nitrogens with zero attached hydrogens (tertiary/aromatic N) is 6. The topological polar surface area (TPSA) is 385 Å². The van der Waals surface area contributed by atoms with Crippen molar-refractivity contribution in [3.63, 3.8) is 0 Å². The molecular formula is C34H25N7O15S3. The lowest BCUT2D eigenvalue weighted by atomic mass is 10.0. The zero-order valence-corrected chi connectivity index (χ0v) is 31.5. The van der Waals surface area contributed by atoms with Gasteiger partial charge in [-0.2, -0.15) is 21.9 Å². The molecule has 0 saturated heterocycles. The molecule has 0 heterocycles. The van der Waals surface area contributed by atoms with Gasteiger partial charge >= 0.3 is 11.9 Å². The normalized spacial score (nSPS) is 13.0. The maximum absolute atomic E-state index is 12.6. The number of carboxylic acids is 2. The number of azo groups is 3. The Labute approximate surface area is 331 Å². The van der Waals surface area contributed by atoms with Gasteiger partial charge in [-0.05, 0) is 60.0 Å². The zero-order chi connectivity index (χ0) is 43.2. The van der Waals surface area contributed by atoms with E-state index in [0.29, 0.717) is 12.1 Å². The Kier molecular flexibility index (Phi) is 10.9. The largest absolute Gasteiger partial charge is 0.505 e. The van der Waals surface area contributed by atoms with Crippen molar-refractivity contribution in [3.8, 4) is 11.5 Å². The minimum Gasteiger partial charge on any atom is -0.505 e. The number of phenolic OH excluding ortho intramolecular Hbond substituents is 2. The molecule has 0 fully saturated rings. The molecule has 11 N–H and O–H groups in total. The predicted molar refractivity (Wildman–Crippen MR) is 208 cm³/mol. The molecule has 0 spiro atoms. The van der Waals surface area contributed by atoms with Gasteiger partial charge in [-0.1, -0.05) is 30.3 Å². The summed E-state index contributed by atoms with van der Waals surface area (Å²) in [5.41, 5.74) is 2.13. The summed E-state index contributed by atoms with van der Waals surface area (Å²) in [6.07, 6.45) is 0. The van der Waals surface area contributed by atoms with Gasteiger partial charge in [0.05, 0.1) is 32.8 Å². The minimum atomic E-state index is -5.28. The summed E-state index contributed by atoms with van der Waals surface area (Å²) in [5.74, 6) is -4.83. The first-order chi connectivity index (χ1) is 27.6. The van der Waals surface area contributed by atoms with E-state index in [1.54, 1.807) is 0 Å². The van der Waals surface area contributed by atoms with Crippen LogP contribution in [0.25, 0.3) is 21.5 Å². The predicted octanol–water partition coefficient (Wildman–Crippen LogP) is 8.70. The fourth-order valence-electron chi connectivity index (χ4n) is 5.60. The van der Waals surface area contributed by atoms with Crippen molar-refractivity contribution >= 4 is 104 Å². The van der Waals surface area contributed by atoms with E-state index in [1.807, 2.05) is 0 Å². The summed E-state index contributed by atoms with van der Waals surface area (Å²) < 4.78 is 101. The molecule has 0 aliphatic rings. The van der Waals surface area contributed by atoms with E-state index in [-0.39, 0.29) is 39.0 Å². The van der Waals surface area contributed by atoms with Crippen molar-refractivity contribution in [1.82, 2.24) is 0 Å². The number of carboxylic acid groups (broad SMARTS) is 2. The molecule has 304 valence electrons. The van der Waals surface area contributed by atoms with Crippen LogP contribution in [-0.4, -0.2) is 72.0 Å². The maximum Gasteiger partial charge on any atom is 0.337 e. The monoisotopic (exact) mass is 867 g/mol. The third kappa shape index (κ3) is 8.37. The van der Waals surface area contributed by atoms with Crippen LogP contribution in [0.2, 0.25) is 0 Å². The first kappa shape index (κ1) is 41.7. The summed E-state index contributed by atoms with van der Waals surface area (Å²) in [5, 5.41) is 62.9. The van der Waals surface area contributed by atoms with Gasteiger partial charge < -0.3 is 39.8 Å². The van der Waals surface area contributed by atoms with Gasteiger partial charge in [0.2, 0.25) is 0 Å². The maximum atomic E-state index is 12.6. The van der Waals surface area contributed by atoms with Gasteiger partial charge in [-0.15, -0.1) is 25.6 Å². The van der Waals surface area contributed by atoms with E-state index in [1.165, 1.54) is 54.6 Å². The number of phenols is 2. The zero-order valence-electron chi connectivity index (χ0n) is 29.0. The molecule has 0 radical (unpaired) electrons. The van der Waals surface area contributed by atoms with Crippen LogP contribution < -0.4 is 5.73 Å². The van der Waals surface area contributed by atoms with Gasteiger partial charge in [0.25, 0.3) is 20.2 Å². The molecule has 0 bridgehead atoms. The highest BCUT2D eigenvalue weighted by Gasteiger charge is 2.30. The van der Waals surface area contributed by atoms with Crippen molar-refractivity contribution in [3.05, 3.63) is 96.1 Å². The van der Waals surface area contributed by atoms with E-state index < -0.39 is 103 Å². The number of aromatic hydroxyl groups is 2. The van der Waals surface area contributed by atoms with Gasteiger partial charge in [0.15, 0.2) is 11.5 Å². The summed E-state index contributed by atoms with van der Waals surface area (Å²) in [4.78, 5) is 20.4. The Morgan fingerprint density at radius 3 is 1.54 bits per heavy atom. The molecule has 25 heteroatoms. The van der Waals surface area contributed by atoms with Crippen LogP contribution in [0.3, 0.4) is 0 Å². The van der Waals surface area contributed by atoms with E-state index in [4.69, 9.17) is 5.73 Å². The molecule has 0 amide bonds. The first-order valence-corrected chi connectivity index (χ1v) is 20.2. The van der Waals surface area contributed by atoms with Crippen LogP contribution in [-0.2, 0) is 20.2 Å². The number of hydrogen-bond donors (Lipinski definition) is 10. The second-order valence-corrected chi connectivity index (χ2v) is 16.3. The lowest BCUT2D eigenvalue weighted by Crippen LogP contribution is -2.03. The highest BCUT2D eigenvalue weighted by atomic mass is 32.3. The van der Waals surface area contributed by atoms with Crippen molar-refractivity contribution < 1.29 is 69.6 Å². The van der Waals surface area contributed by atoms with Crippen LogP contribution in [0.4, 0.5) is 39.8 Å². The average molecular weight is 868 g/mol. The smallest absolute Gasteiger partial charge is 0.337 e. The van der Waals surface area contributed by atoms with Crippen LogP contribution in [0.15, 0.2) is 130 Å². The lowest BCUT2D eigenvalue weighted by Gasteiger charge is -2.23. The molecule has 6 aromatic rings. The number of nitrogen functional groups attached to an aromatic ring is 1. The molecule has 6 aromatic carbocycles. The summed E-state index contributed by atoms with van der Waals surface area (Å²) in [6.45, 7) is 0. The molecule has 0 aromatic heterocycles. The first-order valence-electron chi connectivity index (χ1n) is 15.8. The fourth-order valence-corrected chi connectivity index (χ4v) is 7.63. The molecule has 0 unspecified atom stereocenters. The molecule has 22 nitrogen and oxygen atoms in total. The molecule has 0 saturated carbocycles. The molecular weight excluding hydrogens is 843 g/mol. The Hall–Kier alpha value is -6.97. The SMILES string of the molecule is Nc1c(N=Nc2ccc3cc(S(=O)(=O)O)c(N=Nc4ccccc4C(=O)O)c(O)c3c2)cc(S(=O)(=O)O)c2cc(S(O)(O)O)c(N=Nc3ccccc3C(=O)O)c(O)c12. The van der Waals surface area contributed by atoms with Crippen molar-refractivity contribution in [2.24, 2.45) is 30.7 Å². The number of anilines is 1. The van der Waals surface area contributed by atoms with E-state index in [2.05, 4.69) is 30.7 Å². The molecule has 6 rings (SSSR count). The minimum absolute atomic E-state index is 0.00101. The Morgan fingerprint density at radius 1 is 0.525 bits per heavy atom. The van der Waals surface area contributed by atoms with Crippen molar-refractivity contribution in [2.45, 2.75) is 14.7 Å². The highest BCUT2D eigenvalue weighted by molar-refractivity contribution is 8.19. The van der Waals surface area contributed by atoms with Gasteiger partial charge in [0.1, 0.15) is 49.1 Å². The van der Waals surface area contributed by atoms with E-state index in [0.717, 1.165) is 18.2 Å². The van der Waals surface area contributed by atoms with Crippen LogP contribution in [0.1, 0.15) is 20.7 Å². The summed E-state index contributed by atoms with van der Waals surface area (Å²) in [6, 6.07) is 16.2. The fraction of sp³-hybridized carbons (Fsp3) is 0. The Bertz CT molecular complexity index is 3100. The number of rotatable bonds is 11. The van der Waals surface area contributed by atoms with Crippen LogP contribution >= 0.6 is 10.9 Å². The number of fused-ring (bicyclic) bond motifs is 2. The Morgan fingerprint density at radius 2 is 1.03 bits per heavy atom. The highest BCUT2D eigenvalue weighted by Crippen LogP contribution is 2.56. The number of benzene rings is 6. The number of aromatic carboxylic acids is 2. The van der Waals surface area contributed by atoms with Crippen molar-refractivity contribution in [1.29, 1.82) is 0 Å². The Balaban J connectivity index is 1.52. The second-order valence-electron chi connectivity index (χ2n) is 12.0. The molecule has 0 aliphatic carbocycles. The molecule has 0 atom stereocenters. The average Bonchev–Trinajstić information content (AvgIpc) is 3.15. The number of carbonyl (C=O) groups is 2. The van der Waals surface area contributed by atoms with Crippen LogP contribution in [0, 0.1) is 0 Å². The van der Waals surface area contributed by atoms with Gasteiger partial charge in [-0.25, -0.2) is 9.59 Å². The van der Waals surface area contributed by atoms with Gasteiger partial charge in [-0.3, -0.25) is 9.11 Å². The van der Waals surface area contributed by atoms with Crippen LogP contribution in [0.5, 0.6) is 11.5 Å². The quantitative estimate of drug-likeness (QED) is 0.0330. The number of nitrogens with two attached hydrogens (primary N) is 1. The van der Waals surface area contributed by atoms with Gasteiger partial charge in [0, 0.05) is 10.8 Å². The number of hydrogen-bond acceptors (Lipinski definition) is 18. The summed E-state index contributed by atoms with van der Waals surface area (Å²) >= 11 is 0. The van der Waals surface area contributed by atoms with E-state index >= 15 is 0 Å². The lowest BCUT2D eigenvalue weighted by molar-refractivity contribution is 0.0687. The second kappa shape index (κ2) is 15.4. The summed E-state index contributed by atoms with van der Waals surface area (Å²) in [7, 11) is -15.2. The standard InChI is InChI=1S/C34H25N7O15S3/c35-28-23(14-24(57(48,49)50)20-13-26(59(54,55)56)30(32(43)27(20)28)41-38-22-8-4-2-6-18(22)34(46)47)39-36-16-10-9-15-11-25(58(51,52)53)29(31(42)19(15)12-16)40-37-21-7-3-1-5-17(21)33(44)45/h1-14,42-43,54-56H,35H2,(H,44,45)(H,46,47)(H,48,49,50)(H,51,52,53).